The summed E-state index contributed by atoms with van der Waals surface area (Å²) in [6.07, 6.45) is -0.604. The fraction of sp³-hybridized carbons (Fsp3) is 0.429. The van der Waals surface area contributed by atoms with E-state index in [1.807, 2.05) is 6.07 Å². The Labute approximate surface area is 112 Å². The maximum Gasteiger partial charge on any atom is 0.263 e. The van der Waals surface area contributed by atoms with Crippen molar-refractivity contribution in [3.05, 3.63) is 29.8 Å². The summed E-state index contributed by atoms with van der Waals surface area (Å²) in [5, 5.41) is 8.98. The van der Waals surface area contributed by atoms with Crippen LogP contribution in [-0.2, 0) is 9.53 Å². The number of para-hydroxylation sites is 1. The SMILES string of the molecule is C[C@@H](Oc1ccccc1C#N)C(=O)N1CCOCC1. The Morgan fingerprint density at radius 3 is 2.79 bits per heavy atom. The number of ether oxygens (including phenoxy) is 2. The van der Waals surface area contributed by atoms with Gasteiger partial charge in [-0.1, -0.05) is 12.1 Å². The second-order valence-electron chi connectivity index (χ2n) is 4.31. The van der Waals surface area contributed by atoms with Gasteiger partial charge in [0.15, 0.2) is 6.10 Å². The molecule has 1 aromatic rings. The summed E-state index contributed by atoms with van der Waals surface area (Å²) in [6.45, 7) is 4.01. The molecule has 0 spiro atoms. The van der Waals surface area contributed by atoms with Crippen LogP contribution >= 0.6 is 0 Å². The van der Waals surface area contributed by atoms with Gasteiger partial charge in [-0.15, -0.1) is 0 Å². The molecular formula is C14H16N2O3. The molecule has 1 aromatic carbocycles. The van der Waals surface area contributed by atoms with Crippen LogP contribution in [0.4, 0.5) is 0 Å². The van der Waals surface area contributed by atoms with Crippen LogP contribution in [0.5, 0.6) is 5.75 Å². The van der Waals surface area contributed by atoms with Crippen molar-refractivity contribution in [2.45, 2.75) is 13.0 Å². The first-order chi connectivity index (χ1) is 9.22. The topological polar surface area (TPSA) is 62.6 Å². The van der Waals surface area contributed by atoms with Gasteiger partial charge in [-0.05, 0) is 19.1 Å². The van der Waals surface area contributed by atoms with Crippen molar-refractivity contribution in [1.82, 2.24) is 4.90 Å². The van der Waals surface area contributed by atoms with E-state index in [2.05, 4.69) is 0 Å². The van der Waals surface area contributed by atoms with Gasteiger partial charge in [0.25, 0.3) is 5.91 Å². The zero-order chi connectivity index (χ0) is 13.7. The van der Waals surface area contributed by atoms with E-state index in [0.29, 0.717) is 37.6 Å². The van der Waals surface area contributed by atoms with Crippen LogP contribution in [0.1, 0.15) is 12.5 Å². The van der Waals surface area contributed by atoms with Crippen molar-refractivity contribution in [1.29, 1.82) is 5.26 Å². The van der Waals surface area contributed by atoms with Crippen LogP contribution in [0, 0.1) is 11.3 Å². The summed E-state index contributed by atoms with van der Waals surface area (Å²) in [6, 6.07) is 8.96. The number of nitrogens with zero attached hydrogens (tertiary/aromatic N) is 2. The zero-order valence-corrected chi connectivity index (χ0v) is 10.8. The average molecular weight is 260 g/mol. The lowest BCUT2D eigenvalue weighted by Gasteiger charge is -2.29. The van der Waals surface area contributed by atoms with Crippen molar-refractivity contribution >= 4 is 5.91 Å². The molecule has 0 radical (unpaired) electrons. The number of benzene rings is 1. The number of hydrogen-bond acceptors (Lipinski definition) is 4. The largest absolute Gasteiger partial charge is 0.480 e. The molecule has 0 saturated carbocycles. The smallest absolute Gasteiger partial charge is 0.263 e. The lowest BCUT2D eigenvalue weighted by atomic mass is 10.2. The fourth-order valence-corrected chi connectivity index (χ4v) is 1.94. The first-order valence-corrected chi connectivity index (χ1v) is 6.24. The maximum atomic E-state index is 12.2. The number of carbonyl (C=O) groups is 1. The minimum absolute atomic E-state index is 0.0731. The van der Waals surface area contributed by atoms with Gasteiger partial charge in [0.1, 0.15) is 11.8 Å². The second-order valence-corrected chi connectivity index (χ2v) is 4.31. The lowest BCUT2D eigenvalue weighted by molar-refractivity contribution is -0.142. The van der Waals surface area contributed by atoms with Crippen LogP contribution in [-0.4, -0.2) is 43.2 Å². The summed E-state index contributed by atoms with van der Waals surface area (Å²) in [5.41, 5.74) is 0.434. The fourth-order valence-electron chi connectivity index (χ4n) is 1.94. The van der Waals surface area contributed by atoms with Crippen LogP contribution in [0.3, 0.4) is 0 Å². The molecule has 19 heavy (non-hydrogen) atoms. The molecule has 0 aliphatic carbocycles. The van der Waals surface area contributed by atoms with E-state index in [4.69, 9.17) is 14.7 Å². The molecule has 100 valence electrons. The number of morpholine rings is 1. The van der Waals surface area contributed by atoms with E-state index in [9.17, 15) is 4.79 Å². The van der Waals surface area contributed by atoms with Gasteiger partial charge in [0.05, 0.1) is 18.8 Å². The summed E-state index contributed by atoms with van der Waals surface area (Å²) in [5.74, 6) is 0.371. The molecule has 1 saturated heterocycles. The van der Waals surface area contributed by atoms with E-state index in [0.717, 1.165) is 0 Å². The van der Waals surface area contributed by atoms with E-state index >= 15 is 0 Å². The van der Waals surface area contributed by atoms with Gasteiger partial charge in [0, 0.05) is 13.1 Å². The molecule has 1 amide bonds. The Balaban J connectivity index is 2.02. The normalized spacial score (nSPS) is 16.5. The van der Waals surface area contributed by atoms with Gasteiger partial charge in [0.2, 0.25) is 0 Å². The van der Waals surface area contributed by atoms with Crippen molar-refractivity contribution in [3.63, 3.8) is 0 Å². The first kappa shape index (κ1) is 13.4. The van der Waals surface area contributed by atoms with Gasteiger partial charge in [-0.25, -0.2) is 0 Å². The molecule has 0 aromatic heterocycles. The van der Waals surface area contributed by atoms with Gasteiger partial charge < -0.3 is 14.4 Å². The zero-order valence-electron chi connectivity index (χ0n) is 10.8. The van der Waals surface area contributed by atoms with Crippen LogP contribution in [0.25, 0.3) is 0 Å². The van der Waals surface area contributed by atoms with Crippen LogP contribution in [0.15, 0.2) is 24.3 Å². The highest BCUT2D eigenvalue weighted by Crippen LogP contribution is 2.18. The molecular weight excluding hydrogens is 244 g/mol. The van der Waals surface area contributed by atoms with Crippen molar-refractivity contribution < 1.29 is 14.3 Å². The molecule has 1 fully saturated rings. The number of carbonyl (C=O) groups excluding carboxylic acids is 1. The Morgan fingerprint density at radius 1 is 1.42 bits per heavy atom. The Morgan fingerprint density at radius 2 is 2.11 bits per heavy atom. The van der Waals surface area contributed by atoms with Gasteiger partial charge in [-0.2, -0.15) is 5.26 Å². The van der Waals surface area contributed by atoms with Crippen molar-refractivity contribution in [2.75, 3.05) is 26.3 Å². The molecule has 0 bridgehead atoms. The molecule has 0 N–H and O–H groups in total. The molecule has 1 aliphatic rings. The average Bonchev–Trinajstić information content (AvgIpc) is 2.48. The predicted octanol–water partition coefficient (Wildman–Crippen LogP) is 1.18. The maximum absolute atomic E-state index is 12.2. The summed E-state index contributed by atoms with van der Waals surface area (Å²) in [4.78, 5) is 13.9. The highest BCUT2D eigenvalue weighted by molar-refractivity contribution is 5.81. The van der Waals surface area contributed by atoms with Crippen LogP contribution in [0.2, 0.25) is 0 Å². The quantitative estimate of drug-likeness (QED) is 0.818. The molecule has 5 heteroatoms. The van der Waals surface area contributed by atoms with E-state index in [1.54, 1.807) is 36.1 Å². The Kier molecular flexibility index (Phi) is 4.37. The standard InChI is InChI=1S/C14H16N2O3/c1-11(14(17)16-6-8-18-9-7-16)19-13-5-3-2-4-12(13)10-15/h2-5,11H,6-9H2,1H3/t11-/m1/s1. The highest BCUT2D eigenvalue weighted by atomic mass is 16.5. The summed E-state index contributed by atoms with van der Waals surface area (Å²) >= 11 is 0. The Bertz CT molecular complexity index is 490. The van der Waals surface area contributed by atoms with E-state index < -0.39 is 6.10 Å². The van der Waals surface area contributed by atoms with E-state index in [1.165, 1.54) is 0 Å². The number of hydrogen-bond donors (Lipinski definition) is 0. The minimum atomic E-state index is -0.604. The predicted molar refractivity (Wildman–Crippen MR) is 68.6 cm³/mol. The minimum Gasteiger partial charge on any atom is -0.480 e. The lowest BCUT2D eigenvalue weighted by Crippen LogP contribution is -2.46. The summed E-state index contributed by atoms with van der Waals surface area (Å²) in [7, 11) is 0. The highest BCUT2D eigenvalue weighted by Gasteiger charge is 2.24. The van der Waals surface area contributed by atoms with Gasteiger partial charge in [-0.3, -0.25) is 4.79 Å². The number of nitriles is 1. The second kappa shape index (κ2) is 6.21. The van der Waals surface area contributed by atoms with Gasteiger partial charge >= 0.3 is 0 Å². The number of amides is 1. The monoisotopic (exact) mass is 260 g/mol. The Hall–Kier alpha value is -2.06. The molecule has 1 atom stereocenters. The first-order valence-electron chi connectivity index (χ1n) is 6.24. The molecule has 1 aliphatic heterocycles. The molecule has 0 unspecified atom stereocenters. The van der Waals surface area contributed by atoms with Crippen molar-refractivity contribution in [2.24, 2.45) is 0 Å². The van der Waals surface area contributed by atoms with E-state index in [-0.39, 0.29) is 5.91 Å². The third-order valence-electron chi connectivity index (χ3n) is 2.98. The summed E-state index contributed by atoms with van der Waals surface area (Å²) < 4.78 is 10.8. The molecule has 1 heterocycles. The van der Waals surface area contributed by atoms with Crippen LogP contribution < -0.4 is 4.74 Å². The third-order valence-corrected chi connectivity index (χ3v) is 2.98. The molecule has 5 nitrogen and oxygen atoms in total. The van der Waals surface area contributed by atoms with Crippen molar-refractivity contribution in [3.8, 4) is 11.8 Å². The molecule has 2 rings (SSSR count). The number of rotatable bonds is 3. The third kappa shape index (κ3) is 3.24.